The van der Waals surface area contributed by atoms with Crippen molar-refractivity contribution in [3.05, 3.63) is 59.2 Å². The van der Waals surface area contributed by atoms with Crippen LogP contribution in [-0.2, 0) is 25.6 Å². The lowest BCUT2D eigenvalue weighted by Crippen LogP contribution is -2.30. The van der Waals surface area contributed by atoms with Gasteiger partial charge in [0.05, 0.1) is 38.9 Å². The van der Waals surface area contributed by atoms with Gasteiger partial charge in [-0.05, 0) is 48.1 Å². The molecule has 2 aliphatic rings. The first kappa shape index (κ1) is 19.7. The smallest absolute Gasteiger partial charge is 0.308 e. The summed E-state index contributed by atoms with van der Waals surface area (Å²) in [7, 11) is 3.09. The van der Waals surface area contributed by atoms with Crippen molar-refractivity contribution in [2.75, 3.05) is 27.4 Å². The summed E-state index contributed by atoms with van der Waals surface area (Å²) in [6.45, 7) is 1.56. The summed E-state index contributed by atoms with van der Waals surface area (Å²) in [6, 6.07) is 13.8. The lowest BCUT2D eigenvalue weighted by molar-refractivity contribution is -0.148. The zero-order valence-corrected chi connectivity index (χ0v) is 16.8. The van der Waals surface area contributed by atoms with Crippen molar-refractivity contribution in [3.63, 3.8) is 0 Å². The second-order valence-corrected chi connectivity index (χ2v) is 7.36. The third-order valence-corrected chi connectivity index (χ3v) is 5.62. The summed E-state index contributed by atoms with van der Waals surface area (Å²) in [5, 5.41) is 0. The fourth-order valence-electron chi connectivity index (χ4n) is 3.93. The van der Waals surface area contributed by atoms with E-state index in [2.05, 4.69) is 6.07 Å². The number of benzene rings is 2. The van der Waals surface area contributed by atoms with E-state index in [1.165, 1.54) is 7.11 Å². The van der Waals surface area contributed by atoms with Crippen molar-refractivity contribution in [2.45, 2.75) is 31.7 Å². The summed E-state index contributed by atoms with van der Waals surface area (Å²) < 4.78 is 27.9. The summed E-state index contributed by atoms with van der Waals surface area (Å²) in [6.07, 6.45) is 1.11. The fraction of sp³-hybridized carbons (Fsp3) is 0.435. The van der Waals surface area contributed by atoms with Crippen LogP contribution in [0.2, 0.25) is 0 Å². The molecule has 1 saturated carbocycles. The van der Waals surface area contributed by atoms with Gasteiger partial charge in [0.25, 0.3) is 0 Å². The van der Waals surface area contributed by atoms with Gasteiger partial charge in [0.1, 0.15) is 18.1 Å². The van der Waals surface area contributed by atoms with Gasteiger partial charge in [-0.2, -0.15) is 0 Å². The highest BCUT2D eigenvalue weighted by Crippen LogP contribution is 2.47. The Balaban J connectivity index is 1.54. The molecule has 154 valence electrons. The first-order valence-corrected chi connectivity index (χ1v) is 9.89. The molecule has 2 fully saturated rings. The molecule has 0 amide bonds. The Morgan fingerprint density at radius 2 is 1.76 bits per heavy atom. The lowest BCUT2D eigenvalue weighted by atomic mass is 9.70. The van der Waals surface area contributed by atoms with E-state index in [0.717, 1.165) is 41.0 Å². The number of carbonyl (C=O) groups excluding carboxylic acids is 1. The maximum atomic E-state index is 11.8. The molecule has 6 heteroatoms. The molecule has 0 unspecified atom stereocenters. The SMILES string of the molecule is COC(=O)C1CC(c2cccc(OCc3ccc(OC)cc3)c2C2OCCO2)C1. The van der Waals surface area contributed by atoms with E-state index in [4.69, 9.17) is 23.7 Å². The third kappa shape index (κ3) is 4.23. The van der Waals surface area contributed by atoms with Crippen molar-refractivity contribution in [1.82, 2.24) is 0 Å². The first-order chi connectivity index (χ1) is 14.2. The summed E-state index contributed by atoms with van der Waals surface area (Å²) >= 11 is 0. The topological polar surface area (TPSA) is 63.2 Å². The van der Waals surface area contributed by atoms with Crippen LogP contribution in [0.3, 0.4) is 0 Å². The van der Waals surface area contributed by atoms with Crippen molar-refractivity contribution in [2.24, 2.45) is 5.92 Å². The van der Waals surface area contributed by atoms with E-state index in [-0.39, 0.29) is 17.8 Å². The molecular formula is C23H26O6. The second-order valence-electron chi connectivity index (χ2n) is 7.36. The van der Waals surface area contributed by atoms with Crippen molar-refractivity contribution in [1.29, 1.82) is 0 Å². The van der Waals surface area contributed by atoms with Gasteiger partial charge in [0.15, 0.2) is 6.29 Å². The number of hydrogen-bond donors (Lipinski definition) is 0. The van der Waals surface area contributed by atoms with E-state index in [9.17, 15) is 4.79 Å². The van der Waals surface area contributed by atoms with E-state index < -0.39 is 6.29 Å². The molecule has 0 atom stereocenters. The Morgan fingerprint density at radius 1 is 1.03 bits per heavy atom. The van der Waals surface area contributed by atoms with Gasteiger partial charge in [-0.25, -0.2) is 0 Å². The van der Waals surface area contributed by atoms with Gasteiger partial charge in [-0.1, -0.05) is 24.3 Å². The minimum Gasteiger partial charge on any atom is -0.497 e. The number of esters is 1. The second kappa shape index (κ2) is 8.84. The number of rotatable bonds is 7. The molecule has 6 nitrogen and oxygen atoms in total. The van der Waals surface area contributed by atoms with Gasteiger partial charge in [0.2, 0.25) is 0 Å². The van der Waals surface area contributed by atoms with Crippen LogP contribution in [0.4, 0.5) is 0 Å². The monoisotopic (exact) mass is 398 g/mol. The molecule has 0 N–H and O–H groups in total. The Morgan fingerprint density at radius 3 is 2.41 bits per heavy atom. The minimum atomic E-state index is -0.436. The quantitative estimate of drug-likeness (QED) is 0.658. The maximum absolute atomic E-state index is 11.8. The Labute approximate surface area is 170 Å². The van der Waals surface area contributed by atoms with Gasteiger partial charge >= 0.3 is 5.97 Å². The molecule has 1 heterocycles. The van der Waals surface area contributed by atoms with E-state index in [0.29, 0.717) is 19.8 Å². The van der Waals surface area contributed by atoms with Crippen LogP contribution in [0.15, 0.2) is 42.5 Å². The third-order valence-electron chi connectivity index (χ3n) is 5.62. The zero-order valence-electron chi connectivity index (χ0n) is 16.8. The van der Waals surface area contributed by atoms with E-state index in [1.807, 2.05) is 36.4 Å². The standard InChI is InChI=1S/C23H26O6/c1-25-18-8-6-15(7-9-18)14-29-20-5-3-4-19(21(20)23-27-10-11-28-23)16-12-17(13-16)22(24)26-2/h3-9,16-17,23H,10-14H2,1-2H3. The summed E-state index contributed by atoms with van der Waals surface area (Å²) in [5.74, 6) is 1.67. The van der Waals surface area contributed by atoms with Crippen molar-refractivity contribution in [3.8, 4) is 11.5 Å². The van der Waals surface area contributed by atoms with Crippen LogP contribution in [0.5, 0.6) is 11.5 Å². The molecule has 1 saturated heterocycles. The molecule has 1 aliphatic heterocycles. The van der Waals surface area contributed by atoms with Gasteiger partial charge < -0.3 is 23.7 Å². The predicted octanol–water partition coefficient (Wildman–Crippen LogP) is 3.99. The van der Waals surface area contributed by atoms with Crippen molar-refractivity contribution >= 4 is 5.97 Å². The van der Waals surface area contributed by atoms with Crippen LogP contribution in [0.25, 0.3) is 0 Å². The Hall–Kier alpha value is -2.57. The maximum Gasteiger partial charge on any atom is 0.308 e. The molecule has 29 heavy (non-hydrogen) atoms. The molecule has 1 aliphatic carbocycles. The van der Waals surface area contributed by atoms with Crippen LogP contribution in [-0.4, -0.2) is 33.4 Å². The molecule has 0 aromatic heterocycles. The highest BCUT2D eigenvalue weighted by Gasteiger charge is 2.39. The number of hydrogen-bond acceptors (Lipinski definition) is 6. The summed E-state index contributed by atoms with van der Waals surface area (Å²) in [4.78, 5) is 11.8. The molecule has 0 spiro atoms. The van der Waals surface area contributed by atoms with Crippen LogP contribution in [0, 0.1) is 5.92 Å². The minimum absolute atomic E-state index is 0.0351. The molecular weight excluding hydrogens is 372 g/mol. The highest BCUT2D eigenvalue weighted by molar-refractivity contribution is 5.73. The molecule has 0 bridgehead atoms. The average molecular weight is 398 g/mol. The lowest BCUT2D eigenvalue weighted by Gasteiger charge is -2.35. The van der Waals surface area contributed by atoms with Crippen LogP contribution in [0.1, 0.15) is 41.7 Å². The molecule has 4 rings (SSSR count). The van der Waals surface area contributed by atoms with Crippen molar-refractivity contribution < 1.29 is 28.5 Å². The molecule has 0 radical (unpaired) electrons. The zero-order chi connectivity index (χ0) is 20.2. The largest absolute Gasteiger partial charge is 0.497 e. The number of methoxy groups -OCH3 is 2. The van der Waals surface area contributed by atoms with Crippen LogP contribution >= 0.6 is 0 Å². The Bertz CT molecular complexity index is 835. The number of ether oxygens (including phenoxy) is 5. The Kier molecular flexibility index (Phi) is 6.02. The number of carbonyl (C=O) groups is 1. The fourth-order valence-corrected chi connectivity index (χ4v) is 3.93. The van der Waals surface area contributed by atoms with Gasteiger partial charge in [-0.3, -0.25) is 4.79 Å². The predicted molar refractivity (Wildman–Crippen MR) is 106 cm³/mol. The normalized spacial score (nSPS) is 21.4. The molecule has 2 aromatic rings. The van der Waals surface area contributed by atoms with E-state index in [1.54, 1.807) is 7.11 Å². The first-order valence-electron chi connectivity index (χ1n) is 9.89. The van der Waals surface area contributed by atoms with E-state index >= 15 is 0 Å². The highest BCUT2D eigenvalue weighted by atomic mass is 16.7. The van der Waals surface area contributed by atoms with Gasteiger partial charge in [-0.15, -0.1) is 0 Å². The van der Waals surface area contributed by atoms with Crippen LogP contribution < -0.4 is 9.47 Å². The van der Waals surface area contributed by atoms with Gasteiger partial charge in [0, 0.05) is 0 Å². The summed E-state index contributed by atoms with van der Waals surface area (Å²) in [5.41, 5.74) is 3.11. The average Bonchev–Trinajstić information content (AvgIpc) is 3.25. The molecule has 2 aromatic carbocycles.